The van der Waals surface area contributed by atoms with Crippen LogP contribution in [0.25, 0.3) is 0 Å². The van der Waals surface area contributed by atoms with Crippen LogP contribution in [-0.4, -0.2) is 11.6 Å². The monoisotopic (exact) mass is 166 g/mol. The zero-order valence-corrected chi connectivity index (χ0v) is 7.50. The van der Waals surface area contributed by atoms with Crippen LogP contribution >= 0.6 is 0 Å². The van der Waals surface area contributed by atoms with E-state index < -0.39 is 5.91 Å². The number of hydrogen-bond acceptors (Lipinski definition) is 2. The minimum Gasteiger partial charge on any atom is -0.364 e. The number of primary amides is 1. The number of aliphatic imine (C=N–C) groups is 1. The van der Waals surface area contributed by atoms with Gasteiger partial charge in [0.15, 0.2) is 0 Å². The maximum atomic E-state index is 10.8. The second-order valence-corrected chi connectivity index (χ2v) is 3.07. The van der Waals surface area contributed by atoms with E-state index in [1.807, 2.05) is 6.92 Å². The molecule has 0 aromatic heterocycles. The molecule has 0 unspecified atom stereocenters. The summed E-state index contributed by atoms with van der Waals surface area (Å²) in [7, 11) is 0. The molecule has 0 bridgehead atoms. The molecule has 1 aliphatic rings. The minimum absolute atomic E-state index is 0.374. The van der Waals surface area contributed by atoms with Gasteiger partial charge < -0.3 is 5.73 Å². The van der Waals surface area contributed by atoms with Gasteiger partial charge in [-0.15, -0.1) is 0 Å². The molecule has 2 N–H and O–H groups in total. The van der Waals surface area contributed by atoms with E-state index >= 15 is 0 Å². The van der Waals surface area contributed by atoms with Gasteiger partial charge in [0.25, 0.3) is 5.91 Å². The molecule has 0 saturated heterocycles. The first-order chi connectivity index (χ1) is 5.65. The van der Waals surface area contributed by atoms with Gasteiger partial charge in [0, 0.05) is 5.71 Å². The number of nitrogens with zero attached hydrogens (tertiary/aromatic N) is 1. The highest BCUT2D eigenvalue weighted by Gasteiger charge is 2.24. The summed E-state index contributed by atoms with van der Waals surface area (Å²) in [6.07, 6.45) is 4.05. The van der Waals surface area contributed by atoms with Gasteiger partial charge in [-0.2, -0.15) is 0 Å². The SMILES string of the molecule is C/C=C(\N=C(C)C1CC1)C(N)=O. The van der Waals surface area contributed by atoms with E-state index in [-0.39, 0.29) is 0 Å². The number of amides is 1. The van der Waals surface area contributed by atoms with E-state index in [9.17, 15) is 4.79 Å². The average molecular weight is 166 g/mol. The second-order valence-electron chi connectivity index (χ2n) is 3.07. The fraction of sp³-hybridized carbons (Fsp3) is 0.556. The van der Waals surface area contributed by atoms with Crippen LogP contribution in [0.3, 0.4) is 0 Å². The largest absolute Gasteiger partial charge is 0.364 e. The van der Waals surface area contributed by atoms with Crippen LogP contribution in [0.5, 0.6) is 0 Å². The number of carbonyl (C=O) groups excluding carboxylic acids is 1. The summed E-state index contributed by atoms with van der Waals surface area (Å²) in [5.74, 6) is 0.150. The maximum Gasteiger partial charge on any atom is 0.266 e. The average Bonchev–Trinajstić information content (AvgIpc) is 2.80. The van der Waals surface area contributed by atoms with Crippen LogP contribution in [0.4, 0.5) is 0 Å². The number of rotatable bonds is 3. The number of hydrogen-bond donors (Lipinski definition) is 1. The zero-order chi connectivity index (χ0) is 9.14. The lowest BCUT2D eigenvalue weighted by molar-refractivity contribution is -0.114. The lowest BCUT2D eigenvalue weighted by Gasteiger charge is -1.97. The fourth-order valence-electron chi connectivity index (χ4n) is 1.04. The lowest BCUT2D eigenvalue weighted by Crippen LogP contribution is -2.13. The minimum atomic E-state index is -0.447. The third-order valence-corrected chi connectivity index (χ3v) is 1.99. The number of carbonyl (C=O) groups is 1. The summed E-state index contributed by atoms with van der Waals surface area (Å²) in [5, 5.41) is 0. The van der Waals surface area contributed by atoms with Gasteiger partial charge >= 0.3 is 0 Å². The molecule has 0 radical (unpaired) electrons. The Bertz CT molecular complexity index is 249. The number of nitrogens with two attached hydrogens (primary N) is 1. The van der Waals surface area contributed by atoms with Crippen LogP contribution in [-0.2, 0) is 4.79 Å². The van der Waals surface area contributed by atoms with Crippen molar-refractivity contribution in [3.63, 3.8) is 0 Å². The first-order valence-corrected chi connectivity index (χ1v) is 4.16. The van der Waals surface area contributed by atoms with Crippen LogP contribution < -0.4 is 5.73 Å². The second kappa shape index (κ2) is 3.52. The van der Waals surface area contributed by atoms with Crippen molar-refractivity contribution in [1.82, 2.24) is 0 Å². The molecule has 12 heavy (non-hydrogen) atoms. The summed E-state index contributed by atoms with van der Waals surface area (Å²) in [6.45, 7) is 3.72. The number of allylic oxidation sites excluding steroid dienone is 1. The summed E-state index contributed by atoms with van der Waals surface area (Å²) >= 11 is 0. The smallest absolute Gasteiger partial charge is 0.266 e. The summed E-state index contributed by atoms with van der Waals surface area (Å²) < 4.78 is 0. The van der Waals surface area contributed by atoms with Crippen molar-refractivity contribution >= 4 is 11.6 Å². The Balaban J connectivity index is 2.68. The summed E-state index contributed by atoms with van der Waals surface area (Å²) in [4.78, 5) is 14.9. The first-order valence-electron chi connectivity index (χ1n) is 4.16. The van der Waals surface area contributed by atoms with Crippen LogP contribution in [0.2, 0.25) is 0 Å². The van der Waals surface area contributed by atoms with Gasteiger partial charge in [-0.25, -0.2) is 0 Å². The molecule has 1 saturated carbocycles. The van der Waals surface area contributed by atoms with Gasteiger partial charge in [-0.05, 0) is 32.6 Å². The van der Waals surface area contributed by atoms with E-state index in [0.717, 1.165) is 5.71 Å². The molecule has 66 valence electrons. The van der Waals surface area contributed by atoms with Gasteiger partial charge in [0.1, 0.15) is 5.70 Å². The van der Waals surface area contributed by atoms with E-state index in [2.05, 4.69) is 4.99 Å². The molecule has 1 rings (SSSR count). The molecule has 3 heteroatoms. The highest BCUT2D eigenvalue weighted by atomic mass is 16.1. The highest BCUT2D eigenvalue weighted by Crippen LogP contribution is 2.30. The molecule has 0 atom stereocenters. The van der Waals surface area contributed by atoms with Gasteiger partial charge in [0.05, 0.1) is 0 Å². The maximum absolute atomic E-state index is 10.8. The molecule has 0 heterocycles. The van der Waals surface area contributed by atoms with Crippen molar-refractivity contribution < 1.29 is 4.79 Å². The molecule has 1 aliphatic carbocycles. The molecule has 0 aliphatic heterocycles. The van der Waals surface area contributed by atoms with E-state index in [1.165, 1.54) is 12.8 Å². The van der Waals surface area contributed by atoms with Crippen molar-refractivity contribution in [3.8, 4) is 0 Å². The van der Waals surface area contributed by atoms with Crippen molar-refractivity contribution in [3.05, 3.63) is 11.8 Å². The predicted octanol–water partition coefficient (Wildman–Crippen LogP) is 1.25. The van der Waals surface area contributed by atoms with Crippen molar-refractivity contribution in [2.75, 3.05) is 0 Å². The Morgan fingerprint density at radius 3 is 2.50 bits per heavy atom. The molecule has 1 fully saturated rings. The molecule has 0 spiro atoms. The molecule has 0 aromatic carbocycles. The molecule has 1 amide bonds. The topological polar surface area (TPSA) is 55.4 Å². The summed E-state index contributed by atoms with van der Waals surface area (Å²) in [6, 6.07) is 0. The fourth-order valence-corrected chi connectivity index (χ4v) is 1.04. The Morgan fingerprint density at radius 1 is 1.58 bits per heavy atom. The highest BCUT2D eigenvalue weighted by molar-refractivity contribution is 5.96. The van der Waals surface area contributed by atoms with Crippen molar-refractivity contribution in [2.45, 2.75) is 26.7 Å². The van der Waals surface area contributed by atoms with Crippen LogP contribution in [0.15, 0.2) is 16.8 Å². The van der Waals surface area contributed by atoms with E-state index in [4.69, 9.17) is 5.73 Å². The van der Waals surface area contributed by atoms with E-state index in [0.29, 0.717) is 11.6 Å². The Kier molecular flexibility index (Phi) is 2.63. The Morgan fingerprint density at radius 2 is 2.17 bits per heavy atom. The van der Waals surface area contributed by atoms with Crippen LogP contribution in [0, 0.1) is 5.92 Å². The van der Waals surface area contributed by atoms with Crippen molar-refractivity contribution in [2.24, 2.45) is 16.6 Å². The Hall–Kier alpha value is -1.12. The first kappa shape index (κ1) is 8.97. The van der Waals surface area contributed by atoms with Gasteiger partial charge in [-0.1, -0.05) is 6.08 Å². The third kappa shape index (κ3) is 2.19. The Labute approximate surface area is 72.4 Å². The van der Waals surface area contributed by atoms with Crippen molar-refractivity contribution in [1.29, 1.82) is 0 Å². The molecule has 0 aromatic rings. The molecular formula is C9H14N2O. The van der Waals surface area contributed by atoms with E-state index in [1.54, 1.807) is 13.0 Å². The third-order valence-electron chi connectivity index (χ3n) is 1.99. The normalized spacial score (nSPS) is 19.5. The molecular weight excluding hydrogens is 152 g/mol. The van der Waals surface area contributed by atoms with Gasteiger partial charge in [0.2, 0.25) is 0 Å². The lowest BCUT2D eigenvalue weighted by atomic mass is 10.3. The standard InChI is InChI=1S/C9H14N2O/c1-3-8(9(10)12)11-6(2)7-4-5-7/h3,7H,4-5H2,1-2H3,(H2,10,12)/b8-3-,11-6?. The van der Waals surface area contributed by atoms with Gasteiger partial charge in [-0.3, -0.25) is 9.79 Å². The van der Waals surface area contributed by atoms with Crippen LogP contribution in [0.1, 0.15) is 26.7 Å². The zero-order valence-electron chi connectivity index (χ0n) is 7.50. The predicted molar refractivity (Wildman–Crippen MR) is 48.8 cm³/mol. The quantitative estimate of drug-likeness (QED) is 0.498. The summed E-state index contributed by atoms with van der Waals surface area (Å²) in [5.41, 5.74) is 6.51. The molecule has 3 nitrogen and oxygen atoms in total.